The fourth-order valence-electron chi connectivity index (χ4n) is 3.73. The fourth-order valence-corrected chi connectivity index (χ4v) is 6.63. The largest absolute Gasteiger partial charge is 0.309 e. The molecule has 1 aromatic heterocycles. The van der Waals surface area contributed by atoms with Gasteiger partial charge in [-0.15, -0.1) is 0 Å². The van der Waals surface area contributed by atoms with E-state index in [1.54, 1.807) is 30.9 Å². The van der Waals surface area contributed by atoms with Crippen LogP contribution in [0.5, 0.6) is 0 Å². The van der Waals surface area contributed by atoms with Gasteiger partial charge in [-0.3, -0.25) is 9.69 Å². The summed E-state index contributed by atoms with van der Waals surface area (Å²) < 4.78 is 27.9. The molecule has 1 heterocycles. The standard InChI is InChI=1S/C24H31ClN4O3S2/c1-6-28(7-2)34(31,32)20-11-9-18(10-12-20)23(30)29(14-8-13-27(4)5)24-26-22-17(3)15-19(25)16-21(22)33-24/h9-12,15-16H,6-8,13-14H2,1-5H3. The summed E-state index contributed by atoms with van der Waals surface area (Å²) in [5.74, 6) is -0.214. The highest BCUT2D eigenvalue weighted by Crippen LogP contribution is 2.34. The molecule has 0 saturated heterocycles. The van der Waals surface area contributed by atoms with Gasteiger partial charge in [-0.2, -0.15) is 4.31 Å². The van der Waals surface area contributed by atoms with E-state index in [-0.39, 0.29) is 10.8 Å². The first-order chi connectivity index (χ1) is 16.1. The molecule has 0 radical (unpaired) electrons. The molecule has 0 N–H and O–H groups in total. The number of rotatable bonds is 10. The molecule has 0 aliphatic heterocycles. The van der Waals surface area contributed by atoms with Crippen LogP contribution in [0.3, 0.4) is 0 Å². The van der Waals surface area contributed by atoms with E-state index in [1.165, 1.54) is 27.8 Å². The smallest absolute Gasteiger partial charge is 0.260 e. The minimum atomic E-state index is -3.59. The third-order valence-electron chi connectivity index (χ3n) is 5.55. The highest BCUT2D eigenvalue weighted by atomic mass is 35.5. The van der Waals surface area contributed by atoms with Gasteiger partial charge in [-0.05, 0) is 75.9 Å². The van der Waals surface area contributed by atoms with E-state index in [2.05, 4.69) is 4.90 Å². The molecule has 0 aliphatic rings. The summed E-state index contributed by atoms with van der Waals surface area (Å²) in [7, 11) is 0.395. The van der Waals surface area contributed by atoms with E-state index in [0.717, 1.165) is 28.7 Å². The molecule has 0 fully saturated rings. The van der Waals surface area contributed by atoms with Gasteiger partial charge in [-0.25, -0.2) is 13.4 Å². The summed E-state index contributed by atoms with van der Waals surface area (Å²) in [6, 6.07) is 9.88. The van der Waals surface area contributed by atoms with Crippen molar-refractivity contribution >= 4 is 54.2 Å². The summed E-state index contributed by atoms with van der Waals surface area (Å²) in [6.07, 6.45) is 0.767. The third-order valence-corrected chi connectivity index (χ3v) is 8.85. The molecular formula is C24H31ClN4O3S2. The number of carbonyl (C=O) groups excluding carboxylic acids is 1. The number of sulfonamides is 1. The van der Waals surface area contributed by atoms with E-state index in [1.807, 2.05) is 33.2 Å². The Morgan fingerprint density at radius 3 is 2.29 bits per heavy atom. The van der Waals surface area contributed by atoms with Crippen molar-refractivity contribution in [3.05, 3.63) is 52.5 Å². The van der Waals surface area contributed by atoms with Crippen LogP contribution in [0.2, 0.25) is 5.02 Å². The maximum atomic E-state index is 13.5. The number of nitrogens with zero attached hydrogens (tertiary/aromatic N) is 4. The highest BCUT2D eigenvalue weighted by molar-refractivity contribution is 7.89. The first kappa shape index (κ1) is 26.6. The van der Waals surface area contributed by atoms with Gasteiger partial charge in [0.1, 0.15) is 0 Å². The van der Waals surface area contributed by atoms with Crippen LogP contribution in [-0.4, -0.2) is 68.8 Å². The van der Waals surface area contributed by atoms with Crippen LogP contribution in [0.15, 0.2) is 41.3 Å². The van der Waals surface area contributed by atoms with Gasteiger partial charge in [0.15, 0.2) is 5.13 Å². The van der Waals surface area contributed by atoms with Crippen molar-refractivity contribution in [2.24, 2.45) is 0 Å². The zero-order valence-corrected chi connectivity index (χ0v) is 22.6. The van der Waals surface area contributed by atoms with Crippen LogP contribution in [0, 0.1) is 6.92 Å². The van der Waals surface area contributed by atoms with E-state index < -0.39 is 10.0 Å². The maximum absolute atomic E-state index is 13.5. The SMILES string of the molecule is CCN(CC)S(=O)(=O)c1ccc(C(=O)N(CCCN(C)C)c2nc3c(C)cc(Cl)cc3s2)cc1. The van der Waals surface area contributed by atoms with Crippen molar-refractivity contribution in [2.75, 3.05) is 45.2 Å². The Hall–Kier alpha value is -2.04. The number of aryl methyl sites for hydroxylation is 1. The third kappa shape index (κ3) is 5.78. The number of anilines is 1. The molecule has 7 nitrogen and oxygen atoms in total. The number of thiazole rings is 1. The lowest BCUT2D eigenvalue weighted by atomic mass is 10.2. The van der Waals surface area contributed by atoms with Gasteiger partial charge in [0.25, 0.3) is 5.91 Å². The van der Waals surface area contributed by atoms with Gasteiger partial charge in [0.2, 0.25) is 10.0 Å². The van der Waals surface area contributed by atoms with Crippen LogP contribution >= 0.6 is 22.9 Å². The number of benzene rings is 2. The topological polar surface area (TPSA) is 73.8 Å². The molecule has 3 aromatic rings. The van der Waals surface area contributed by atoms with Gasteiger partial charge in [-0.1, -0.05) is 36.8 Å². The summed E-state index contributed by atoms with van der Waals surface area (Å²) in [6.45, 7) is 7.64. The highest BCUT2D eigenvalue weighted by Gasteiger charge is 2.25. The molecule has 0 spiro atoms. The van der Waals surface area contributed by atoms with E-state index >= 15 is 0 Å². The summed E-state index contributed by atoms with van der Waals surface area (Å²) in [5.41, 5.74) is 2.20. The summed E-state index contributed by atoms with van der Waals surface area (Å²) >= 11 is 7.65. The number of carbonyl (C=O) groups is 1. The number of halogens is 1. The zero-order chi connectivity index (χ0) is 25.0. The molecule has 0 unspecified atom stereocenters. The first-order valence-electron chi connectivity index (χ1n) is 11.2. The molecule has 0 atom stereocenters. The van der Waals surface area contributed by atoms with Crippen LogP contribution < -0.4 is 4.90 Å². The lowest BCUT2D eigenvalue weighted by molar-refractivity contribution is 0.0986. The first-order valence-corrected chi connectivity index (χ1v) is 13.8. The molecule has 1 amide bonds. The van der Waals surface area contributed by atoms with Crippen molar-refractivity contribution in [3.63, 3.8) is 0 Å². The molecule has 10 heteroatoms. The normalized spacial score (nSPS) is 12.1. The van der Waals surface area contributed by atoms with E-state index in [4.69, 9.17) is 16.6 Å². The Labute approximate surface area is 211 Å². The van der Waals surface area contributed by atoms with E-state index in [0.29, 0.717) is 35.4 Å². The predicted molar refractivity (Wildman–Crippen MR) is 141 cm³/mol. The Kier molecular flexibility index (Phi) is 8.70. The zero-order valence-electron chi connectivity index (χ0n) is 20.2. The maximum Gasteiger partial charge on any atom is 0.260 e. The minimum Gasteiger partial charge on any atom is -0.309 e. The second kappa shape index (κ2) is 11.1. The monoisotopic (exact) mass is 522 g/mol. The second-order valence-electron chi connectivity index (χ2n) is 8.29. The molecule has 34 heavy (non-hydrogen) atoms. The number of fused-ring (bicyclic) bond motifs is 1. The van der Waals surface area contributed by atoms with Crippen molar-refractivity contribution in [1.29, 1.82) is 0 Å². The average molecular weight is 523 g/mol. The second-order valence-corrected chi connectivity index (χ2v) is 11.7. The van der Waals surface area contributed by atoms with Crippen LogP contribution in [-0.2, 0) is 10.0 Å². The Morgan fingerprint density at radius 2 is 1.71 bits per heavy atom. The molecular weight excluding hydrogens is 492 g/mol. The fraction of sp³-hybridized carbons (Fsp3) is 0.417. The number of hydrogen-bond acceptors (Lipinski definition) is 6. The minimum absolute atomic E-state index is 0.178. The van der Waals surface area contributed by atoms with E-state index in [9.17, 15) is 13.2 Å². The Bertz CT molecular complexity index is 1250. The van der Waals surface area contributed by atoms with Gasteiger partial charge >= 0.3 is 0 Å². The Morgan fingerprint density at radius 1 is 1.06 bits per heavy atom. The molecule has 0 bridgehead atoms. The lowest BCUT2D eigenvalue weighted by Crippen LogP contribution is -2.33. The number of hydrogen-bond donors (Lipinski definition) is 0. The van der Waals surface area contributed by atoms with Crippen molar-refractivity contribution in [1.82, 2.24) is 14.2 Å². The van der Waals surface area contributed by atoms with Crippen LogP contribution in [0.4, 0.5) is 5.13 Å². The van der Waals surface area contributed by atoms with Crippen molar-refractivity contribution in [2.45, 2.75) is 32.1 Å². The van der Waals surface area contributed by atoms with Gasteiger partial charge in [0, 0.05) is 30.2 Å². The predicted octanol–water partition coefficient (Wildman–Crippen LogP) is 4.89. The van der Waals surface area contributed by atoms with Gasteiger partial charge in [0.05, 0.1) is 15.1 Å². The van der Waals surface area contributed by atoms with Crippen LogP contribution in [0.1, 0.15) is 36.2 Å². The van der Waals surface area contributed by atoms with Gasteiger partial charge < -0.3 is 4.90 Å². The Balaban J connectivity index is 1.95. The lowest BCUT2D eigenvalue weighted by Gasteiger charge is -2.22. The average Bonchev–Trinajstić information content (AvgIpc) is 3.21. The summed E-state index contributed by atoms with van der Waals surface area (Å²) in [5, 5.41) is 1.24. The number of aromatic nitrogens is 1. The number of amides is 1. The van der Waals surface area contributed by atoms with Crippen molar-refractivity contribution in [3.8, 4) is 0 Å². The molecule has 2 aromatic carbocycles. The van der Waals surface area contributed by atoms with Crippen LogP contribution in [0.25, 0.3) is 10.2 Å². The molecule has 0 saturated carbocycles. The molecule has 184 valence electrons. The molecule has 3 rings (SSSR count). The quantitative estimate of drug-likeness (QED) is 0.379. The van der Waals surface area contributed by atoms with Crippen molar-refractivity contribution < 1.29 is 13.2 Å². The molecule has 0 aliphatic carbocycles. The summed E-state index contributed by atoms with van der Waals surface area (Å²) in [4.78, 5) is 22.2.